The molecule has 1 fully saturated rings. The van der Waals surface area contributed by atoms with E-state index in [9.17, 15) is 9.59 Å². The molecule has 2 amide bonds. The molecule has 1 aliphatic heterocycles. The number of carbonyl (C=O) groups excluding carboxylic acids is 2. The molecule has 0 radical (unpaired) electrons. The van der Waals surface area contributed by atoms with Crippen molar-refractivity contribution in [2.24, 2.45) is 0 Å². The summed E-state index contributed by atoms with van der Waals surface area (Å²) >= 11 is 0. The Hall–Kier alpha value is -2.62. The van der Waals surface area contributed by atoms with E-state index in [0.29, 0.717) is 5.69 Å². The van der Waals surface area contributed by atoms with E-state index < -0.39 is 6.04 Å². The number of nitrogens with one attached hydrogen (secondary N) is 1. The van der Waals surface area contributed by atoms with Crippen molar-refractivity contribution in [2.45, 2.75) is 39.7 Å². The Morgan fingerprint density at radius 3 is 2.54 bits per heavy atom. The van der Waals surface area contributed by atoms with Gasteiger partial charge in [0.05, 0.1) is 12.1 Å². The second-order valence-corrected chi connectivity index (χ2v) is 6.25. The van der Waals surface area contributed by atoms with Crippen LogP contribution in [0.3, 0.4) is 0 Å². The number of nitrogens with zero attached hydrogens (tertiary/aromatic N) is 1. The van der Waals surface area contributed by atoms with Gasteiger partial charge in [-0.25, -0.2) is 4.90 Å². The van der Waals surface area contributed by atoms with Gasteiger partial charge in [-0.3, -0.25) is 9.59 Å². The molecule has 0 aromatic heterocycles. The molecule has 124 valence electrons. The zero-order valence-electron chi connectivity index (χ0n) is 14.3. The minimum Gasteiger partial charge on any atom is -0.373 e. The van der Waals surface area contributed by atoms with Gasteiger partial charge in [-0.2, -0.15) is 0 Å². The van der Waals surface area contributed by atoms with Gasteiger partial charge in [-0.1, -0.05) is 31.2 Å². The molecule has 1 aliphatic rings. The van der Waals surface area contributed by atoms with E-state index in [-0.39, 0.29) is 18.2 Å². The molecule has 1 saturated heterocycles. The van der Waals surface area contributed by atoms with Crippen LogP contribution in [0.5, 0.6) is 0 Å². The van der Waals surface area contributed by atoms with Crippen molar-refractivity contribution in [1.29, 1.82) is 0 Å². The van der Waals surface area contributed by atoms with Gasteiger partial charge in [0.15, 0.2) is 0 Å². The Morgan fingerprint density at radius 1 is 1.08 bits per heavy atom. The highest BCUT2D eigenvalue weighted by Crippen LogP contribution is 2.28. The van der Waals surface area contributed by atoms with E-state index in [1.807, 2.05) is 63.2 Å². The monoisotopic (exact) mass is 322 g/mol. The van der Waals surface area contributed by atoms with Crippen LogP contribution >= 0.6 is 0 Å². The Kier molecular flexibility index (Phi) is 4.38. The fourth-order valence-electron chi connectivity index (χ4n) is 3.06. The molecule has 1 atom stereocenters. The number of para-hydroxylation sites is 1. The Balaban J connectivity index is 1.85. The van der Waals surface area contributed by atoms with E-state index in [1.165, 1.54) is 10.5 Å². The number of anilines is 2. The quantitative estimate of drug-likeness (QED) is 0.875. The van der Waals surface area contributed by atoms with Gasteiger partial charge in [0, 0.05) is 5.69 Å². The summed E-state index contributed by atoms with van der Waals surface area (Å²) in [5, 5.41) is 3.21. The summed E-state index contributed by atoms with van der Waals surface area (Å²) in [7, 11) is 0. The Bertz CT molecular complexity index is 798. The lowest BCUT2D eigenvalue weighted by Crippen LogP contribution is -2.35. The van der Waals surface area contributed by atoms with Crippen molar-refractivity contribution in [3.05, 3.63) is 59.2 Å². The highest BCUT2D eigenvalue weighted by molar-refractivity contribution is 6.23. The van der Waals surface area contributed by atoms with Crippen LogP contribution in [-0.2, 0) is 16.0 Å². The molecule has 3 rings (SSSR count). The molecular weight excluding hydrogens is 300 g/mol. The lowest BCUT2D eigenvalue weighted by atomic mass is 10.1. The zero-order chi connectivity index (χ0) is 17.3. The molecule has 0 unspecified atom stereocenters. The smallest absolute Gasteiger partial charge is 0.256 e. The average Bonchev–Trinajstić information content (AvgIpc) is 2.85. The molecule has 1 N–H and O–H groups in total. The fraction of sp³-hybridized carbons (Fsp3) is 0.300. The Labute approximate surface area is 142 Å². The first-order valence-corrected chi connectivity index (χ1v) is 8.29. The van der Waals surface area contributed by atoms with Gasteiger partial charge < -0.3 is 5.32 Å². The molecule has 0 saturated carbocycles. The van der Waals surface area contributed by atoms with Crippen LogP contribution < -0.4 is 10.2 Å². The predicted molar refractivity (Wildman–Crippen MR) is 96.3 cm³/mol. The molecular formula is C20H22N2O2. The van der Waals surface area contributed by atoms with Crippen molar-refractivity contribution in [2.75, 3.05) is 10.2 Å². The number of amides is 2. The molecule has 2 aromatic carbocycles. The number of carbonyl (C=O) groups is 2. The second-order valence-electron chi connectivity index (χ2n) is 6.25. The van der Waals surface area contributed by atoms with E-state index in [2.05, 4.69) is 5.32 Å². The van der Waals surface area contributed by atoms with Crippen molar-refractivity contribution >= 4 is 23.2 Å². The third-order valence-electron chi connectivity index (χ3n) is 4.61. The number of imide groups is 1. The first-order valence-electron chi connectivity index (χ1n) is 8.29. The SMILES string of the molecule is CCc1ccccc1N1C(=O)C[C@H](Nc2ccc(C)c(C)c2)C1=O. The minimum absolute atomic E-state index is 0.151. The molecule has 0 bridgehead atoms. The van der Waals surface area contributed by atoms with Crippen molar-refractivity contribution in [3.63, 3.8) is 0 Å². The van der Waals surface area contributed by atoms with Crippen LogP contribution in [-0.4, -0.2) is 17.9 Å². The van der Waals surface area contributed by atoms with Crippen LogP contribution in [0.2, 0.25) is 0 Å². The van der Waals surface area contributed by atoms with E-state index in [1.54, 1.807) is 0 Å². The lowest BCUT2D eigenvalue weighted by Gasteiger charge is -2.19. The predicted octanol–water partition coefficient (Wildman–Crippen LogP) is 3.61. The number of benzene rings is 2. The van der Waals surface area contributed by atoms with Gasteiger partial charge in [-0.15, -0.1) is 0 Å². The summed E-state index contributed by atoms with van der Waals surface area (Å²) < 4.78 is 0. The maximum Gasteiger partial charge on any atom is 0.256 e. The van der Waals surface area contributed by atoms with Crippen LogP contribution in [0, 0.1) is 13.8 Å². The Morgan fingerprint density at radius 2 is 1.83 bits per heavy atom. The van der Waals surface area contributed by atoms with Gasteiger partial charge in [0.25, 0.3) is 5.91 Å². The summed E-state index contributed by atoms with van der Waals surface area (Å²) in [5.74, 6) is -0.332. The first kappa shape index (κ1) is 16.2. The maximum absolute atomic E-state index is 12.8. The molecule has 4 nitrogen and oxygen atoms in total. The molecule has 0 aliphatic carbocycles. The minimum atomic E-state index is -0.510. The molecule has 24 heavy (non-hydrogen) atoms. The first-order chi connectivity index (χ1) is 11.5. The standard InChI is InChI=1S/C20H22N2O2/c1-4-15-7-5-6-8-18(15)22-19(23)12-17(20(22)24)21-16-10-9-13(2)14(3)11-16/h5-11,17,21H,4,12H2,1-3H3/t17-/m0/s1. The van der Waals surface area contributed by atoms with Gasteiger partial charge >= 0.3 is 0 Å². The van der Waals surface area contributed by atoms with Crippen molar-refractivity contribution in [1.82, 2.24) is 0 Å². The highest BCUT2D eigenvalue weighted by Gasteiger charge is 2.40. The van der Waals surface area contributed by atoms with E-state index in [0.717, 1.165) is 23.2 Å². The number of hydrogen-bond donors (Lipinski definition) is 1. The van der Waals surface area contributed by atoms with Crippen molar-refractivity contribution in [3.8, 4) is 0 Å². The summed E-state index contributed by atoms with van der Waals surface area (Å²) in [6.45, 7) is 6.10. The molecule has 0 spiro atoms. The molecule has 1 heterocycles. The topological polar surface area (TPSA) is 49.4 Å². The molecule has 4 heteroatoms. The summed E-state index contributed by atoms with van der Waals surface area (Å²) in [6, 6.07) is 13.1. The summed E-state index contributed by atoms with van der Waals surface area (Å²) in [6.07, 6.45) is 0.965. The second kappa shape index (κ2) is 6.48. The molecule has 2 aromatic rings. The van der Waals surface area contributed by atoms with Crippen LogP contribution in [0.1, 0.15) is 30.0 Å². The van der Waals surface area contributed by atoms with Gasteiger partial charge in [0.1, 0.15) is 6.04 Å². The van der Waals surface area contributed by atoms with Crippen molar-refractivity contribution < 1.29 is 9.59 Å². The normalized spacial score (nSPS) is 17.5. The van der Waals surface area contributed by atoms with E-state index >= 15 is 0 Å². The zero-order valence-corrected chi connectivity index (χ0v) is 14.3. The average molecular weight is 322 g/mol. The third-order valence-corrected chi connectivity index (χ3v) is 4.61. The number of aryl methyl sites for hydroxylation is 3. The van der Waals surface area contributed by atoms with Crippen LogP contribution in [0.25, 0.3) is 0 Å². The third kappa shape index (κ3) is 2.92. The summed E-state index contributed by atoms with van der Waals surface area (Å²) in [4.78, 5) is 26.6. The van der Waals surface area contributed by atoms with Gasteiger partial charge in [0.2, 0.25) is 5.91 Å². The fourth-order valence-corrected chi connectivity index (χ4v) is 3.06. The maximum atomic E-state index is 12.8. The van der Waals surface area contributed by atoms with Gasteiger partial charge in [-0.05, 0) is 55.2 Å². The van der Waals surface area contributed by atoms with Crippen LogP contribution in [0.15, 0.2) is 42.5 Å². The van der Waals surface area contributed by atoms with E-state index in [4.69, 9.17) is 0 Å². The lowest BCUT2D eigenvalue weighted by molar-refractivity contribution is -0.121. The van der Waals surface area contributed by atoms with Crippen LogP contribution in [0.4, 0.5) is 11.4 Å². The number of hydrogen-bond acceptors (Lipinski definition) is 3. The highest BCUT2D eigenvalue weighted by atomic mass is 16.2. The number of rotatable bonds is 4. The largest absolute Gasteiger partial charge is 0.373 e. The summed E-state index contributed by atoms with van der Waals surface area (Å²) in [5.41, 5.74) is 4.94.